The van der Waals surface area contributed by atoms with Crippen LogP contribution in [0.25, 0.3) is 16.9 Å². The molecule has 4 N–H and O–H groups in total. The van der Waals surface area contributed by atoms with E-state index in [1.54, 1.807) is 12.4 Å². The lowest BCUT2D eigenvalue weighted by atomic mass is 10.1. The van der Waals surface area contributed by atoms with Gasteiger partial charge in [-0.15, -0.1) is 0 Å². The predicted octanol–water partition coefficient (Wildman–Crippen LogP) is 0.171. The third kappa shape index (κ3) is 3.69. The second-order valence-electron chi connectivity index (χ2n) is 7.60. The molecule has 5 rings (SSSR count). The maximum Gasteiger partial charge on any atom is 0.173 e. The van der Waals surface area contributed by atoms with Gasteiger partial charge in [0.25, 0.3) is 0 Å². The first-order valence-electron chi connectivity index (χ1n) is 10.3. The molecule has 4 aromatic heterocycles. The number of nitrogens with two attached hydrogens (primary N) is 1. The maximum atomic E-state index is 5.92. The highest BCUT2D eigenvalue weighted by atomic mass is 15.3. The molecule has 1 aliphatic rings. The van der Waals surface area contributed by atoms with Crippen LogP contribution in [0.15, 0.2) is 55.3 Å². The van der Waals surface area contributed by atoms with Crippen LogP contribution < -0.4 is 16.0 Å². The van der Waals surface area contributed by atoms with Gasteiger partial charge in [-0.3, -0.25) is 0 Å². The molecular weight excluding hydrogens is 376 g/mol. The van der Waals surface area contributed by atoms with Crippen molar-refractivity contribution in [2.24, 2.45) is 5.73 Å². The zero-order valence-electron chi connectivity index (χ0n) is 16.7. The molecule has 8 heteroatoms. The molecule has 1 aliphatic heterocycles. The van der Waals surface area contributed by atoms with Crippen molar-refractivity contribution in [3.05, 3.63) is 72.2 Å². The number of hydrogen-bond donors (Lipinski definition) is 3. The van der Waals surface area contributed by atoms with Crippen LogP contribution in [0.1, 0.15) is 29.8 Å². The van der Waals surface area contributed by atoms with Crippen LogP contribution in [0.3, 0.4) is 0 Å². The molecule has 1 saturated heterocycles. The Morgan fingerprint density at radius 3 is 2.90 bits per heavy atom. The highest BCUT2D eigenvalue weighted by molar-refractivity contribution is 6.05. The van der Waals surface area contributed by atoms with Crippen molar-refractivity contribution in [1.29, 1.82) is 0 Å². The van der Waals surface area contributed by atoms with E-state index in [1.165, 1.54) is 5.56 Å². The normalized spacial score (nSPS) is 16.2. The average Bonchev–Trinajstić information content (AvgIpc) is 3.41. The molecule has 0 amide bonds. The van der Waals surface area contributed by atoms with Crippen molar-refractivity contribution in [3.63, 3.8) is 0 Å². The Kier molecular flexibility index (Phi) is 4.98. The van der Waals surface area contributed by atoms with Gasteiger partial charge >= 0.3 is 0 Å². The molecule has 0 radical (unpaired) electrons. The molecule has 0 spiro atoms. The Balaban J connectivity index is 1.42. The van der Waals surface area contributed by atoms with Crippen molar-refractivity contribution in [2.75, 3.05) is 13.1 Å². The van der Waals surface area contributed by atoms with Crippen molar-refractivity contribution >= 4 is 23.1 Å². The van der Waals surface area contributed by atoms with Crippen LogP contribution >= 0.6 is 0 Å². The van der Waals surface area contributed by atoms with E-state index in [1.807, 2.05) is 45.7 Å². The summed E-state index contributed by atoms with van der Waals surface area (Å²) in [7, 11) is 0. The van der Waals surface area contributed by atoms with Crippen molar-refractivity contribution in [1.82, 2.24) is 29.3 Å². The minimum atomic E-state index is 0.465. The van der Waals surface area contributed by atoms with Crippen LogP contribution in [-0.2, 0) is 6.42 Å². The van der Waals surface area contributed by atoms with E-state index < -0.39 is 0 Å². The van der Waals surface area contributed by atoms with Crippen molar-refractivity contribution in [2.45, 2.75) is 25.3 Å². The summed E-state index contributed by atoms with van der Waals surface area (Å²) in [5, 5.41) is 8.20. The number of pyridine rings is 1. The number of rotatable bonds is 5. The Hall–Kier alpha value is -3.52. The topological polar surface area (TPSA) is 99.5 Å². The molecule has 1 fully saturated rings. The molecule has 4 aromatic rings. The summed E-state index contributed by atoms with van der Waals surface area (Å²) in [6, 6.07) is 8.52. The van der Waals surface area contributed by atoms with Gasteiger partial charge in [-0.2, -0.15) is 5.10 Å². The Labute approximate surface area is 174 Å². The van der Waals surface area contributed by atoms with Crippen LogP contribution in [0, 0.1) is 0 Å². The first kappa shape index (κ1) is 18.5. The molecular formula is C22H25N8+. The van der Waals surface area contributed by atoms with Gasteiger partial charge in [-0.25, -0.2) is 19.5 Å². The highest BCUT2D eigenvalue weighted by Crippen LogP contribution is 2.15. The Bertz CT molecular complexity index is 1230. The fourth-order valence-electron chi connectivity index (χ4n) is 3.88. The third-order valence-electron chi connectivity index (χ3n) is 5.56. The van der Waals surface area contributed by atoms with Gasteiger partial charge in [0, 0.05) is 57.1 Å². The summed E-state index contributed by atoms with van der Waals surface area (Å²) >= 11 is 0. The summed E-state index contributed by atoms with van der Waals surface area (Å²) in [5.41, 5.74) is 11.6. The fraction of sp³-hybridized carbons (Fsp3) is 0.273. The van der Waals surface area contributed by atoms with Gasteiger partial charge in [0.2, 0.25) is 0 Å². The lowest BCUT2D eigenvalue weighted by Gasteiger charge is -2.14. The number of hydrogen-bond acceptors (Lipinski definition) is 5. The Morgan fingerprint density at radius 1 is 1.17 bits per heavy atom. The number of allylic oxidation sites excluding steroid dienone is 1. The second kappa shape index (κ2) is 8.08. The number of piperidine rings is 1. The summed E-state index contributed by atoms with van der Waals surface area (Å²) in [4.78, 5) is 12.3. The van der Waals surface area contributed by atoms with E-state index in [4.69, 9.17) is 10.8 Å². The minimum Gasteiger partial charge on any atom is -0.404 e. The van der Waals surface area contributed by atoms with E-state index in [2.05, 4.69) is 32.5 Å². The molecule has 0 atom stereocenters. The zero-order chi connectivity index (χ0) is 20.3. The molecule has 0 unspecified atom stereocenters. The Morgan fingerprint density at radius 2 is 2.03 bits per heavy atom. The van der Waals surface area contributed by atoms with E-state index in [-0.39, 0.29) is 0 Å². The molecule has 0 aliphatic carbocycles. The summed E-state index contributed by atoms with van der Waals surface area (Å²) in [6.45, 7) is 2.08. The van der Waals surface area contributed by atoms with E-state index in [9.17, 15) is 0 Å². The van der Waals surface area contributed by atoms with Gasteiger partial charge in [0.05, 0.1) is 23.2 Å². The second-order valence-corrected chi connectivity index (χ2v) is 7.60. The first-order valence-corrected chi connectivity index (χ1v) is 10.3. The number of imidazole rings is 2. The van der Waals surface area contributed by atoms with Crippen LogP contribution in [-0.4, -0.2) is 49.3 Å². The molecule has 5 heterocycles. The fourth-order valence-corrected chi connectivity index (χ4v) is 3.88. The summed E-state index contributed by atoms with van der Waals surface area (Å²) in [5.74, 6) is 0. The third-order valence-corrected chi connectivity index (χ3v) is 5.56. The molecule has 0 aromatic carbocycles. The molecule has 152 valence electrons. The van der Waals surface area contributed by atoms with Crippen LogP contribution in [0.4, 0.5) is 0 Å². The quantitative estimate of drug-likeness (QED) is 0.414. The summed E-state index contributed by atoms with van der Waals surface area (Å²) < 4.78 is 3.92. The smallest absolute Gasteiger partial charge is 0.173 e. The monoisotopic (exact) mass is 401 g/mol. The standard InChI is InChI=1S/C22H24N8/c23-12-17(13-26-18-5-7-24-8-6-18)20-2-4-22-27-14-19(30(22)28-20)11-16-1-3-21-25-9-10-29(21)15-16/h1-4,9-10,12-15,18,24H,5-8,11,23H2/p+1. The maximum absolute atomic E-state index is 5.92. The van der Waals surface area contributed by atoms with E-state index in [0.717, 1.165) is 60.6 Å². The number of aromatic nitrogens is 5. The van der Waals surface area contributed by atoms with Gasteiger partial charge < -0.3 is 15.5 Å². The van der Waals surface area contributed by atoms with E-state index in [0.29, 0.717) is 6.04 Å². The van der Waals surface area contributed by atoms with Gasteiger partial charge in [-0.05, 0) is 23.8 Å². The first-order chi connectivity index (χ1) is 14.8. The lowest BCUT2D eigenvalue weighted by Crippen LogP contribution is -2.78. The van der Waals surface area contributed by atoms with Gasteiger partial charge in [-0.1, -0.05) is 6.07 Å². The molecule has 0 bridgehead atoms. The van der Waals surface area contributed by atoms with Gasteiger partial charge in [0.1, 0.15) is 5.65 Å². The number of nitrogens with one attached hydrogen (secondary N) is 2. The van der Waals surface area contributed by atoms with Crippen LogP contribution in [0.5, 0.6) is 0 Å². The lowest BCUT2D eigenvalue weighted by molar-refractivity contribution is -0.500. The highest BCUT2D eigenvalue weighted by Gasteiger charge is 2.16. The molecule has 8 nitrogen and oxygen atoms in total. The summed E-state index contributed by atoms with van der Waals surface area (Å²) in [6.07, 6.45) is 14.2. The van der Waals surface area contributed by atoms with Crippen molar-refractivity contribution < 1.29 is 4.99 Å². The molecule has 0 saturated carbocycles. The largest absolute Gasteiger partial charge is 0.404 e. The molecule has 30 heavy (non-hydrogen) atoms. The average molecular weight is 401 g/mol. The van der Waals surface area contributed by atoms with E-state index >= 15 is 0 Å². The predicted molar refractivity (Wildman–Crippen MR) is 116 cm³/mol. The minimum absolute atomic E-state index is 0.465. The number of nitrogens with zero attached hydrogens (tertiary/aromatic N) is 5. The van der Waals surface area contributed by atoms with Gasteiger partial charge in [0.15, 0.2) is 17.9 Å². The van der Waals surface area contributed by atoms with Crippen LogP contribution in [0.2, 0.25) is 0 Å². The zero-order valence-corrected chi connectivity index (χ0v) is 16.7. The SMILES string of the molecule is NC=C(C=[NH+]C1CCNCC1)c1ccc2ncc(Cc3ccc4nccn4c3)n2n1. The van der Waals surface area contributed by atoms with Crippen molar-refractivity contribution in [3.8, 4) is 0 Å². The number of fused-ring (bicyclic) bond motifs is 2.